The molecule has 0 amide bonds. The number of H-pyrrole nitrogens is 1. The molecule has 1 N–H and O–H groups in total. The van der Waals surface area contributed by atoms with Gasteiger partial charge in [-0.3, -0.25) is 5.10 Å². The summed E-state index contributed by atoms with van der Waals surface area (Å²) in [4.78, 5) is 11.4. The van der Waals surface area contributed by atoms with E-state index in [0.717, 1.165) is 24.2 Å². The zero-order valence-corrected chi connectivity index (χ0v) is 8.18. The van der Waals surface area contributed by atoms with Crippen LogP contribution in [0.3, 0.4) is 0 Å². The van der Waals surface area contributed by atoms with E-state index in [1.54, 1.807) is 0 Å². The molecular formula is C9H14N2O2. The molecule has 1 aromatic rings. The number of carbonyl (C=O) groups is 1. The van der Waals surface area contributed by atoms with Crippen molar-refractivity contribution < 1.29 is 9.53 Å². The van der Waals surface area contributed by atoms with Gasteiger partial charge in [0.25, 0.3) is 0 Å². The summed E-state index contributed by atoms with van der Waals surface area (Å²) in [6, 6.07) is 0. The molecule has 0 aliphatic carbocycles. The van der Waals surface area contributed by atoms with Gasteiger partial charge in [0.05, 0.1) is 12.8 Å². The summed E-state index contributed by atoms with van der Waals surface area (Å²) in [5.41, 5.74) is 2.24. The number of rotatable bonds is 3. The maximum absolute atomic E-state index is 11.4. The third-order valence-electron chi connectivity index (χ3n) is 1.99. The van der Waals surface area contributed by atoms with Crippen LogP contribution < -0.4 is 0 Å². The van der Waals surface area contributed by atoms with Crippen molar-refractivity contribution in [2.24, 2.45) is 0 Å². The van der Waals surface area contributed by atoms with Gasteiger partial charge in [0.1, 0.15) is 5.56 Å². The van der Waals surface area contributed by atoms with Crippen LogP contribution in [0.1, 0.15) is 35.6 Å². The summed E-state index contributed by atoms with van der Waals surface area (Å²) in [6.07, 6.45) is 1.50. The first-order chi connectivity index (χ1) is 6.24. The number of aromatic amines is 1. The number of aryl methyl sites for hydroxylation is 2. The van der Waals surface area contributed by atoms with E-state index in [-0.39, 0.29) is 5.97 Å². The van der Waals surface area contributed by atoms with Crippen LogP contribution in [0.4, 0.5) is 0 Å². The summed E-state index contributed by atoms with van der Waals surface area (Å²) < 4.78 is 4.68. The fourth-order valence-electron chi connectivity index (χ4n) is 1.28. The number of nitrogens with zero attached hydrogens (tertiary/aromatic N) is 1. The predicted octanol–water partition coefficient (Wildman–Crippen LogP) is 1.32. The van der Waals surface area contributed by atoms with Gasteiger partial charge in [-0.15, -0.1) is 0 Å². The minimum atomic E-state index is -0.303. The van der Waals surface area contributed by atoms with Crippen LogP contribution in [0.2, 0.25) is 0 Å². The lowest BCUT2D eigenvalue weighted by atomic mass is 10.1. The second kappa shape index (κ2) is 4.07. The zero-order valence-electron chi connectivity index (χ0n) is 8.18. The molecule has 0 radical (unpaired) electrons. The van der Waals surface area contributed by atoms with Crippen molar-refractivity contribution in [2.75, 3.05) is 7.11 Å². The Balaban J connectivity index is 3.12. The highest BCUT2D eigenvalue weighted by atomic mass is 16.5. The molecular weight excluding hydrogens is 168 g/mol. The highest BCUT2D eigenvalue weighted by Gasteiger charge is 2.18. The second-order valence-electron chi connectivity index (χ2n) is 2.72. The van der Waals surface area contributed by atoms with Gasteiger partial charge in [0.15, 0.2) is 0 Å². The summed E-state index contributed by atoms with van der Waals surface area (Å²) in [7, 11) is 1.38. The van der Waals surface area contributed by atoms with Gasteiger partial charge >= 0.3 is 5.97 Å². The monoisotopic (exact) mass is 182 g/mol. The summed E-state index contributed by atoms with van der Waals surface area (Å²) in [5.74, 6) is -0.303. The highest BCUT2D eigenvalue weighted by Crippen LogP contribution is 2.13. The van der Waals surface area contributed by atoms with Gasteiger partial charge in [-0.2, -0.15) is 5.10 Å². The Bertz CT molecular complexity index is 283. The molecule has 0 unspecified atom stereocenters. The number of methoxy groups -OCH3 is 1. The van der Waals surface area contributed by atoms with Crippen LogP contribution in [-0.2, 0) is 17.6 Å². The first kappa shape index (κ1) is 9.77. The van der Waals surface area contributed by atoms with Crippen LogP contribution in [0.15, 0.2) is 0 Å². The molecule has 0 saturated carbocycles. The van der Waals surface area contributed by atoms with Gasteiger partial charge in [-0.05, 0) is 12.8 Å². The molecule has 0 atom stereocenters. The average molecular weight is 182 g/mol. The zero-order chi connectivity index (χ0) is 9.84. The van der Waals surface area contributed by atoms with Crippen LogP contribution in [0, 0.1) is 0 Å². The van der Waals surface area contributed by atoms with Gasteiger partial charge in [-0.1, -0.05) is 13.8 Å². The molecule has 1 heterocycles. The van der Waals surface area contributed by atoms with Crippen molar-refractivity contribution in [3.8, 4) is 0 Å². The van der Waals surface area contributed by atoms with E-state index in [1.807, 2.05) is 13.8 Å². The van der Waals surface area contributed by atoms with Gasteiger partial charge in [0.2, 0.25) is 0 Å². The third-order valence-corrected chi connectivity index (χ3v) is 1.99. The van der Waals surface area contributed by atoms with E-state index in [4.69, 9.17) is 0 Å². The van der Waals surface area contributed by atoms with Crippen molar-refractivity contribution >= 4 is 5.97 Å². The predicted molar refractivity (Wildman–Crippen MR) is 48.7 cm³/mol. The van der Waals surface area contributed by atoms with E-state index in [1.165, 1.54) is 7.11 Å². The van der Waals surface area contributed by atoms with Crippen molar-refractivity contribution in [3.05, 3.63) is 17.0 Å². The Kier molecular flexibility index (Phi) is 3.06. The Morgan fingerprint density at radius 1 is 1.46 bits per heavy atom. The summed E-state index contributed by atoms with van der Waals surface area (Å²) in [6.45, 7) is 3.93. The molecule has 0 aliphatic heterocycles. The average Bonchev–Trinajstić information content (AvgIpc) is 2.59. The van der Waals surface area contributed by atoms with Crippen LogP contribution in [-0.4, -0.2) is 23.3 Å². The Hall–Kier alpha value is -1.32. The molecule has 1 aromatic heterocycles. The van der Waals surface area contributed by atoms with Crippen LogP contribution >= 0.6 is 0 Å². The molecule has 0 fully saturated rings. The number of esters is 1. The molecule has 4 heteroatoms. The third kappa shape index (κ3) is 1.71. The Labute approximate surface area is 77.3 Å². The molecule has 13 heavy (non-hydrogen) atoms. The molecule has 0 aromatic carbocycles. The number of hydrogen-bond acceptors (Lipinski definition) is 3. The first-order valence-corrected chi connectivity index (χ1v) is 4.39. The number of ether oxygens (including phenoxy) is 1. The maximum Gasteiger partial charge on any atom is 0.341 e. The van der Waals surface area contributed by atoms with Crippen LogP contribution in [0.5, 0.6) is 0 Å². The van der Waals surface area contributed by atoms with Crippen molar-refractivity contribution in [1.82, 2.24) is 10.2 Å². The highest BCUT2D eigenvalue weighted by molar-refractivity contribution is 5.91. The summed E-state index contributed by atoms with van der Waals surface area (Å²) in [5, 5.41) is 6.89. The SMILES string of the molecule is CCc1n[nH]c(CC)c1C(=O)OC. The Morgan fingerprint density at radius 2 is 2.15 bits per heavy atom. The van der Waals surface area contributed by atoms with Crippen molar-refractivity contribution in [1.29, 1.82) is 0 Å². The minimum absolute atomic E-state index is 0.303. The van der Waals surface area contributed by atoms with E-state index in [9.17, 15) is 4.79 Å². The molecule has 0 aliphatic rings. The lowest BCUT2D eigenvalue weighted by molar-refractivity contribution is 0.0598. The van der Waals surface area contributed by atoms with Crippen molar-refractivity contribution in [2.45, 2.75) is 26.7 Å². The van der Waals surface area contributed by atoms with E-state index in [0.29, 0.717) is 5.56 Å². The fourth-order valence-corrected chi connectivity index (χ4v) is 1.28. The normalized spacial score (nSPS) is 10.1. The van der Waals surface area contributed by atoms with Gasteiger partial charge in [0, 0.05) is 5.69 Å². The number of carbonyl (C=O) groups excluding carboxylic acids is 1. The largest absolute Gasteiger partial charge is 0.465 e. The molecule has 4 nitrogen and oxygen atoms in total. The topological polar surface area (TPSA) is 55.0 Å². The van der Waals surface area contributed by atoms with Gasteiger partial charge in [-0.25, -0.2) is 4.79 Å². The second-order valence-corrected chi connectivity index (χ2v) is 2.72. The maximum atomic E-state index is 11.4. The molecule has 72 valence electrons. The molecule has 1 rings (SSSR count). The molecule has 0 saturated heterocycles. The summed E-state index contributed by atoms with van der Waals surface area (Å²) >= 11 is 0. The van der Waals surface area contributed by atoms with Crippen LogP contribution in [0.25, 0.3) is 0 Å². The van der Waals surface area contributed by atoms with E-state index in [2.05, 4.69) is 14.9 Å². The number of aromatic nitrogens is 2. The number of nitrogens with one attached hydrogen (secondary N) is 1. The lowest BCUT2D eigenvalue weighted by Crippen LogP contribution is -2.06. The van der Waals surface area contributed by atoms with E-state index >= 15 is 0 Å². The quantitative estimate of drug-likeness (QED) is 0.717. The molecule has 0 bridgehead atoms. The minimum Gasteiger partial charge on any atom is -0.465 e. The Morgan fingerprint density at radius 3 is 2.62 bits per heavy atom. The fraction of sp³-hybridized carbons (Fsp3) is 0.556. The van der Waals surface area contributed by atoms with Crippen molar-refractivity contribution in [3.63, 3.8) is 0 Å². The standard InChI is InChI=1S/C9H14N2O2/c1-4-6-8(9(12)13-3)7(5-2)11-10-6/h4-5H2,1-3H3,(H,10,11). The first-order valence-electron chi connectivity index (χ1n) is 4.39. The molecule has 0 spiro atoms. The van der Waals surface area contributed by atoms with E-state index < -0.39 is 0 Å². The smallest absolute Gasteiger partial charge is 0.341 e. The lowest BCUT2D eigenvalue weighted by Gasteiger charge is -2.00. The number of hydrogen-bond donors (Lipinski definition) is 1. The van der Waals surface area contributed by atoms with Gasteiger partial charge < -0.3 is 4.74 Å².